The summed E-state index contributed by atoms with van der Waals surface area (Å²) in [6.45, 7) is 3.46. The second kappa shape index (κ2) is 16.6. The lowest BCUT2D eigenvalue weighted by molar-refractivity contribution is -0.883. The molecular formula is C22H44NO2+. The normalized spacial score (nSPS) is 12.1. The summed E-state index contributed by atoms with van der Waals surface area (Å²) in [5, 5.41) is 8.86. The summed E-state index contributed by atoms with van der Waals surface area (Å²) in [6.07, 6.45) is 23.2. The van der Waals surface area contributed by atoms with Crippen LogP contribution in [0.2, 0.25) is 0 Å². The van der Waals surface area contributed by atoms with Crippen molar-refractivity contribution in [3.8, 4) is 0 Å². The molecule has 0 aromatic carbocycles. The van der Waals surface area contributed by atoms with Crippen LogP contribution >= 0.6 is 0 Å². The van der Waals surface area contributed by atoms with Gasteiger partial charge in [-0.15, -0.1) is 0 Å². The minimum Gasteiger partial charge on any atom is -0.477 e. The molecule has 0 fully saturated rings. The largest absolute Gasteiger partial charge is 0.477 e. The minimum atomic E-state index is -0.699. The van der Waals surface area contributed by atoms with Gasteiger partial charge in [0, 0.05) is 0 Å². The lowest BCUT2D eigenvalue weighted by Crippen LogP contribution is -2.44. The predicted octanol–water partition coefficient (Wildman–Crippen LogP) is 6.18. The Kier molecular flexibility index (Phi) is 16.1. The number of carbonyl (C=O) groups is 1. The van der Waals surface area contributed by atoms with Crippen LogP contribution in [0, 0.1) is 0 Å². The molecule has 0 saturated heterocycles. The third-order valence-electron chi connectivity index (χ3n) is 4.84. The lowest BCUT2D eigenvalue weighted by Gasteiger charge is -2.27. The fourth-order valence-electron chi connectivity index (χ4n) is 3.23. The van der Waals surface area contributed by atoms with Crippen LogP contribution in [0.15, 0.2) is 12.2 Å². The van der Waals surface area contributed by atoms with E-state index in [0.717, 1.165) is 13.0 Å². The van der Waals surface area contributed by atoms with Gasteiger partial charge >= 0.3 is 5.97 Å². The zero-order valence-corrected chi connectivity index (χ0v) is 17.3. The van der Waals surface area contributed by atoms with Gasteiger partial charge in [-0.2, -0.15) is 0 Å². The van der Waals surface area contributed by atoms with E-state index in [1.807, 2.05) is 14.1 Å². The maximum absolute atomic E-state index is 10.8. The molecule has 0 aliphatic carbocycles. The molecule has 0 heterocycles. The van der Waals surface area contributed by atoms with Crippen molar-refractivity contribution in [2.45, 2.75) is 96.8 Å². The maximum Gasteiger partial charge on any atom is 0.359 e. The molecule has 0 aliphatic heterocycles. The van der Waals surface area contributed by atoms with E-state index in [1.165, 1.54) is 83.5 Å². The minimum absolute atomic E-state index is 0.227. The van der Waals surface area contributed by atoms with Crippen LogP contribution in [0.5, 0.6) is 0 Å². The number of aliphatic carboxylic acids is 1. The summed E-state index contributed by atoms with van der Waals surface area (Å²) in [6, 6.07) is 0. The Labute approximate surface area is 157 Å². The van der Waals surface area contributed by atoms with Gasteiger partial charge in [-0.05, 0) is 38.5 Å². The summed E-state index contributed by atoms with van der Waals surface area (Å²) in [4.78, 5) is 10.8. The molecule has 3 nitrogen and oxygen atoms in total. The molecule has 0 amide bonds. The Morgan fingerprint density at radius 3 is 1.68 bits per heavy atom. The number of carboxylic acids is 1. The highest BCUT2D eigenvalue weighted by molar-refractivity contribution is 5.67. The number of quaternary nitrogens is 1. The zero-order valence-electron chi connectivity index (χ0n) is 17.3. The van der Waals surface area contributed by atoms with E-state index in [0.29, 0.717) is 4.48 Å². The molecule has 3 heteroatoms. The van der Waals surface area contributed by atoms with Gasteiger partial charge in [-0.3, -0.25) is 0 Å². The van der Waals surface area contributed by atoms with Crippen LogP contribution in [0.25, 0.3) is 0 Å². The molecule has 0 bridgehead atoms. The van der Waals surface area contributed by atoms with E-state index < -0.39 is 5.97 Å². The second-order valence-electron chi connectivity index (χ2n) is 8.15. The molecule has 1 N–H and O–H groups in total. The van der Waals surface area contributed by atoms with Crippen LogP contribution in [0.4, 0.5) is 0 Å². The number of nitrogens with zero attached hydrogens (tertiary/aromatic N) is 1. The summed E-state index contributed by atoms with van der Waals surface area (Å²) < 4.78 is 0.596. The van der Waals surface area contributed by atoms with E-state index in [4.69, 9.17) is 5.11 Å². The Morgan fingerprint density at radius 1 is 0.760 bits per heavy atom. The number of rotatable bonds is 18. The Balaban J connectivity index is 3.28. The van der Waals surface area contributed by atoms with Crippen molar-refractivity contribution in [1.29, 1.82) is 0 Å². The number of hydrogen-bond acceptors (Lipinski definition) is 1. The summed E-state index contributed by atoms with van der Waals surface area (Å²) in [5.41, 5.74) is 0. The maximum atomic E-state index is 10.8. The van der Waals surface area contributed by atoms with Crippen LogP contribution in [-0.4, -0.2) is 42.7 Å². The summed E-state index contributed by atoms with van der Waals surface area (Å²) in [7, 11) is 4.01. The first-order valence-corrected chi connectivity index (χ1v) is 10.7. The van der Waals surface area contributed by atoms with Crippen LogP contribution in [0.3, 0.4) is 0 Å². The van der Waals surface area contributed by atoms with Gasteiger partial charge in [0.15, 0.2) is 6.54 Å². The van der Waals surface area contributed by atoms with Gasteiger partial charge in [0.25, 0.3) is 0 Å². The van der Waals surface area contributed by atoms with E-state index in [-0.39, 0.29) is 6.54 Å². The second-order valence-corrected chi connectivity index (χ2v) is 8.15. The smallest absolute Gasteiger partial charge is 0.359 e. The number of unbranched alkanes of at least 4 members (excludes halogenated alkanes) is 12. The average molecular weight is 355 g/mol. The average Bonchev–Trinajstić information content (AvgIpc) is 2.53. The summed E-state index contributed by atoms with van der Waals surface area (Å²) in [5.74, 6) is -0.699. The molecule has 0 radical (unpaired) electrons. The van der Waals surface area contributed by atoms with E-state index in [9.17, 15) is 4.79 Å². The Hall–Kier alpha value is -0.830. The van der Waals surface area contributed by atoms with Crippen molar-refractivity contribution in [2.24, 2.45) is 0 Å². The third kappa shape index (κ3) is 19.3. The zero-order chi connectivity index (χ0) is 18.8. The van der Waals surface area contributed by atoms with Crippen LogP contribution < -0.4 is 0 Å². The topological polar surface area (TPSA) is 37.3 Å². The van der Waals surface area contributed by atoms with Crippen LogP contribution in [0.1, 0.15) is 96.8 Å². The van der Waals surface area contributed by atoms with E-state index in [1.54, 1.807) is 0 Å². The monoisotopic (exact) mass is 354 g/mol. The Morgan fingerprint density at radius 2 is 1.20 bits per heavy atom. The molecule has 0 atom stereocenters. The van der Waals surface area contributed by atoms with Gasteiger partial charge in [0.2, 0.25) is 0 Å². The van der Waals surface area contributed by atoms with Crippen molar-refractivity contribution >= 4 is 5.97 Å². The highest BCUT2D eigenvalue weighted by atomic mass is 16.4. The highest BCUT2D eigenvalue weighted by Crippen LogP contribution is 2.11. The van der Waals surface area contributed by atoms with E-state index >= 15 is 0 Å². The van der Waals surface area contributed by atoms with Gasteiger partial charge in [0.05, 0.1) is 20.6 Å². The number of likely N-dealkylation sites (N-methyl/N-ethyl adjacent to an activating group) is 1. The Bertz CT molecular complexity index is 337. The molecule has 148 valence electrons. The SMILES string of the molecule is CCCCCCCC/C=C/CCCCCCCC[N+](C)(C)CC(=O)O. The standard InChI is InChI=1S/C22H43NO2/c1-4-5-6-7-8-9-10-11-12-13-14-15-16-17-18-19-20-23(2,3)21-22(24)25/h11-12H,4-10,13-21H2,1-3H3/p+1/b12-11+. The summed E-state index contributed by atoms with van der Waals surface area (Å²) >= 11 is 0. The van der Waals surface area contributed by atoms with Gasteiger partial charge < -0.3 is 9.59 Å². The first-order valence-electron chi connectivity index (χ1n) is 10.7. The third-order valence-corrected chi connectivity index (χ3v) is 4.84. The molecule has 0 unspecified atom stereocenters. The quantitative estimate of drug-likeness (QED) is 0.181. The van der Waals surface area contributed by atoms with E-state index in [2.05, 4.69) is 19.1 Å². The van der Waals surface area contributed by atoms with Crippen LogP contribution in [-0.2, 0) is 4.79 Å². The van der Waals surface area contributed by atoms with Crippen molar-refractivity contribution < 1.29 is 14.4 Å². The van der Waals surface area contributed by atoms with Gasteiger partial charge in [-0.25, -0.2) is 4.79 Å². The van der Waals surface area contributed by atoms with Crippen molar-refractivity contribution in [2.75, 3.05) is 27.2 Å². The molecule has 0 spiro atoms. The molecule has 0 rings (SSSR count). The predicted molar refractivity (Wildman–Crippen MR) is 109 cm³/mol. The number of hydrogen-bond donors (Lipinski definition) is 1. The van der Waals surface area contributed by atoms with Gasteiger partial charge in [0.1, 0.15) is 0 Å². The number of allylic oxidation sites excluding steroid dienone is 2. The first-order chi connectivity index (χ1) is 12.0. The lowest BCUT2D eigenvalue weighted by atomic mass is 10.1. The molecule has 0 aromatic rings. The fourth-order valence-corrected chi connectivity index (χ4v) is 3.23. The molecular weight excluding hydrogens is 310 g/mol. The highest BCUT2D eigenvalue weighted by Gasteiger charge is 2.18. The van der Waals surface area contributed by atoms with Gasteiger partial charge in [-0.1, -0.05) is 70.4 Å². The van der Waals surface area contributed by atoms with Crippen molar-refractivity contribution in [3.63, 3.8) is 0 Å². The van der Waals surface area contributed by atoms with Crippen molar-refractivity contribution in [1.82, 2.24) is 0 Å². The fraction of sp³-hybridized carbons (Fsp3) is 0.864. The molecule has 0 aromatic heterocycles. The number of carboxylic acid groups (broad SMARTS) is 1. The molecule has 25 heavy (non-hydrogen) atoms. The molecule has 0 aliphatic rings. The van der Waals surface area contributed by atoms with Crippen molar-refractivity contribution in [3.05, 3.63) is 12.2 Å². The molecule has 0 saturated carbocycles. The first kappa shape index (κ1) is 24.2.